The molecule has 0 radical (unpaired) electrons. The molecule has 0 saturated carbocycles. The summed E-state index contributed by atoms with van der Waals surface area (Å²) < 4.78 is 11.0. The molecular formula is C21H30N4O2. The van der Waals surface area contributed by atoms with E-state index in [9.17, 15) is 0 Å². The predicted octanol–water partition coefficient (Wildman–Crippen LogP) is 3.74. The van der Waals surface area contributed by atoms with Gasteiger partial charge in [-0.25, -0.2) is 4.99 Å². The highest BCUT2D eigenvalue weighted by Crippen LogP contribution is 2.30. The molecule has 0 unspecified atom stereocenters. The van der Waals surface area contributed by atoms with E-state index in [0.717, 1.165) is 29.5 Å². The maximum atomic E-state index is 5.57. The van der Waals surface area contributed by atoms with Crippen molar-refractivity contribution in [2.45, 2.75) is 20.4 Å². The molecule has 2 N–H and O–H groups in total. The minimum absolute atomic E-state index is 0.594. The summed E-state index contributed by atoms with van der Waals surface area (Å²) in [5, 5.41) is 6.59. The first-order valence-corrected chi connectivity index (χ1v) is 9.19. The summed E-state index contributed by atoms with van der Waals surface area (Å²) in [5.74, 6) is 2.14. The predicted molar refractivity (Wildman–Crippen MR) is 113 cm³/mol. The fraction of sp³-hybridized carbons (Fsp3) is 0.381. The van der Waals surface area contributed by atoms with Crippen molar-refractivity contribution in [1.82, 2.24) is 5.32 Å². The number of anilines is 2. The molecule has 2 aromatic rings. The smallest absolute Gasteiger partial charge is 0.196 e. The van der Waals surface area contributed by atoms with Gasteiger partial charge in [-0.1, -0.05) is 12.1 Å². The number of nitrogens with zero attached hydrogens (tertiary/aromatic N) is 2. The van der Waals surface area contributed by atoms with Crippen molar-refractivity contribution in [3.63, 3.8) is 0 Å². The van der Waals surface area contributed by atoms with Crippen LogP contribution in [0.4, 0.5) is 11.4 Å². The zero-order valence-corrected chi connectivity index (χ0v) is 16.9. The van der Waals surface area contributed by atoms with Gasteiger partial charge in [-0.05, 0) is 43.7 Å². The molecule has 6 nitrogen and oxygen atoms in total. The Labute approximate surface area is 162 Å². The van der Waals surface area contributed by atoms with Gasteiger partial charge in [0.2, 0.25) is 0 Å². The highest BCUT2D eigenvalue weighted by molar-refractivity contribution is 5.93. The molecule has 0 fully saturated rings. The topological polar surface area (TPSA) is 58.1 Å². The zero-order chi connectivity index (χ0) is 19.6. The standard InChI is InChI=1S/C21H30N4O2/c1-6-22-21(23-15-16-8-11-18(12-9-16)25(3)4)24-17-10-13-19(27-7-2)20(14-17)26-5/h8-14H,6-7,15H2,1-5H3,(H2,22,23,24). The van der Waals surface area contributed by atoms with Gasteiger partial charge in [-0.3, -0.25) is 0 Å². The van der Waals surface area contributed by atoms with E-state index in [-0.39, 0.29) is 0 Å². The van der Waals surface area contributed by atoms with Gasteiger partial charge in [0.05, 0.1) is 20.3 Å². The molecule has 0 aliphatic heterocycles. The van der Waals surface area contributed by atoms with E-state index in [2.05, 4.69) is 44.8 Å². The number of rotatable bonds is 8. The molecule has 0 bridgehead atoms. The van der Waals surface area contributed by atoms with Gasteiger partial charge in [-0.2, -0.15) is 0 Å². The Morgan fingerprint density at radius 3 is 2.37 bits per heavy atom. The van der Waals surface area contributed by atoms with Gasteiger partial charge in [-0.15, -0.1) is 0 Å². The lowest BCUT2D eigenvalue weighted by atomic mass is 10.2. The second kappa shape index (κ2) is 10.3. The van der Waals surface area contributed by atoms with Crippen molar-refractivity contribution in [3.8, 4) is 11.5 Å². The molecule has 0 amide bonds. The number of guanidine groups is 1. The molecule has 0 aliphatic carbocycles. The van der Waals surface area contributed by atoms with Crippen LogP contribution in [0.2, 0.25) is 0 Å². The molecule has 0 spiro atoms. The van der Waals surface area contributed by atoms with Gasteiger partial charge < -0.3 is 25.0 Å². The first-order valence-electron chi connectivity index (χ1n) is 9.19. The summed E-state index contributed by atoms with van der Waals surface area (Å²) in [5.41, 5.74) is 3.22. The Kier molecular flexibility index (Phi) is 7.79. The molecule has 0 heterocycles. The highest BCUT2D eigenvalue weighted by Gasteiger charge is 2.07. The van der Waals surface area contributed by atoms with Gasteiger partial charge in [0, 0.05) is 38.1 Å². The van der Waals surface area contributed by atoms with Crippen LogP contribution in [-0.4, -0.2) is 40.3 Å². The normalized spacial score (nSPS) is 11.1. The first kappa shape index (κ1) is 20.4. The van der Waals surface area contributed by atoms with Gasteiger partial charge in [0.1, 0.15) is 0 Å². The van der Waals surface area contributed by atoms with Crippen LogP contribution in [0, 0.1) is 0 Å². The number of hydrogen-bond donors (Lipinski definition) is 2. The summed E-state index contributed by atoms with van der Waals surface area (Å²) >= 11 is 0. The lowest BCUT2D eigenvalue weighted by Gasteiger charge is -2.15. The molecular weight excluding hydrogens is 340 g/mol. The van der Waals surface area contributed by atoms with E-state index in [0.29, 0.717) is 18.9 Å². The zero-order valence-electron chi connectivity index (χ0n) is 16.9. The minimum Gasteiger partial charge on any atom is -0.493 e. The lowest BCUT2D eigenvalue weighted by molar-refractivity contribution is 0.311. The van der Waals surface area contributed by atoms with Crippen LogP contribution < -0.4 is 25.0 Å². The second-order valence-corrected chi connectivity index (χ2v) is 6.18. The van der Waals surface area contributed by atoms with Gasteiger partial charge in [0.15, 0.2) is 17.5 Å². The Balaban J connectivity index is 2.11. The highest BCUT2D eigenvalue weighted by atomic mass is 16.5. The number of aliphatic imine (C=N–C) groups is 1. The number of benzene rings is 2. The average molecular weight is 370 g/mol. The van der Waals surface area contributed by atoms with E-state index in [1.165, 1.54) is 5.69 Å². The van der Waals surface area contributed by atoms with Crippen molar-refractivity contribution in [2.75, 3.05) is 44.6 Å². The summed E-state index contributed by atoms with van der Waals surface area (Å²) in [6.45, 7) is 5.96. The SMILES string of the molecule is CCNC(=NCc1ccc(N(C)C)cc1)Nc1ccc(OCC)c(OC)c1. The van der Waals surface area contributed by atoms with E-state index in [1.54, 1.807) is 7.11 Å². The Bertz CT molecular complexity index is 742. The number of hydrogen-bond acceptors (Lipinski definition) is 4. The van der Waals surface area contributed by atoms with Crippen molar-refractivity contribution in [2.24, 2.45) is 4.99 Å². The monoisotopic (exact) mass is 370 g/mol. The van der Waals surface area contributed by atoms with E-state index in [4.69, 9.17) is 9.47 Å². The quantitative estimate of drug-likeness (QED) is 0.548. The van der Waals surface area contributed by atoms with Gasteiger partial charge >= 0.3 is 0 Å². The van der Waals surface area contributed by atoms with Crippen molar-refractivity contribution < 1.29 is 9.47 Å². The van der Waals surface area contributed by atoms with Crippen molar-refractivity contribution in [3.05, 3.63) is 48.0 Å². The lowest BCUT2D eigenvalue weighted by Crippen LogP contribution is -2.30. The molecule has 0 aromatic heterocycles. The summed E-state index contributed by atoms with van der Waals surface area (Å²) in [6, 6.07) is 14.2. The third-order valence-electron chi connectivity index (χ3n) is 3.94. The Hall–Kier alpha value is -2.89. The third kappa shape index (κ3) is 6.09. The van der Waals surface area contributed by atoms with Crippen LogP contribution >= 0.6 is 0 Å². The fourth-order valence-electron chi connectivity index (χ4n) is 2.53. The summed E-state index contributed by atoms with van der Waals surface area (Å²) in [7, 11) is 5.70. The van der Waals surface area contributed by atoms with Crippen LogP contribution in [0.3, 0.4) is 0 Å². The molecule has 2 rings (SSSR count). The van der Waals surface area contributed by atoms with Crippen molar-refractivity contribution in [1.29, 1.82) is 0 Å². The van der Waals surface area contributed by atoms with E-state index >= 15 is 0 Å². The minimum atomic E-state index is 0.594. The number of nitrogens with one attached hydrogen (secondary N) is 2. The Morgan fingerprint density at radius 2 is 1.78 bits per heavy atom. The first-order chi connectivity index (χ1) is 13.1. The maximum absolute atomic E-state index is 5.57. The third-order valence-corrected chi connectivity index (χ3v) is 3.94. The molecule has 0 aliphatic rings. The molecule has 0 atom stereocenters. The number of methoxy groups -OCH3 is 1. The van der Waals surface area contributed by atoms with Crippen molar-refractivity contribution >= 4 is 17.3 Å². The van der Waals surface area contributed by atoms with Crippen LogP contribution in [0.25, 0.3) is 0 Å². The van der Waals surface area contributed by atoms with Crippen LogP contribution in [-0.2, 0) is 6.54 Å². The van der Waals surface area contributed by atoms with E-state index in [1.807, 2.05) is 46.1 Å². The molecule has 6 heteroatoms. The largest absolute Gasteiger partial charge is 0.493 e. The van der Waals surface area contributed by atoms with Crippen LogP contribution in [0.15, 0.2) is 47.5 Å². The molecule has 27 heavy (non-hydrogen) atoms. The average Bonchev–Trinajstić information content (AvgIpc) is 2.68. The van der Waals surface area contributed by atoms with Gasteiger partial charge in [0.25, 0.3) is 0 Å². The second-order valence-electron chi connectivity index (χ2n) is 6.18. The maximum Gasteiger partial charge on any atom is 0.196 e. The van der Waals surface area contributed by atoms with E-state index < -0.39 is 0 Å². The fourth-order valence-corrected chi connectivity index (χ4v) is 2.53. The molecule has 2 aromatic carbocycles. The number of ether oxygens (including phenoxy) is 2. The van der Waals surface area contributed by atoms with Crippen LogP contribution in [0.1, 0.15) is 19.4 Å². The van der Waals surface area contributed by atoms with Crippen LogP contribution in [0.5, 0.6) is 11.5 Å². The Morgan fingerprint density at radius 1 is 1.04 bits per heavy atom. The molecule has 0 saturated heterocycles. The summed E-state index contributed by atoms with van der Waals surface area (Å²) in [4.78, 5) is 6.76. The molecule has 146 valence electrons. The summed E-state index contributed by atoms with van der Waals surface area (Å²) in [6.07, 6.45) is 0.